The van der Waals surface area contributed by atoms with E-state index in [1.807, 2.05) is 0 Å². The molecule has 1 N–H and O–H groups in total. The number of benzene rings is 1. The molecule has 0 unspecified atom stereocenters. The quantitative estimate of drug-likeness (QED) is 0.712. The van der Waals surface area contributed by atoms with Crippen molar-refractivity contribution in [2.24, 2.45) is 0 Å². The van der Waals surface area contributed by atoms with Gasteiger partial charge in [0.25, 0.3) is 0 Å². The first-order valence-corrected chi connectivity index (χ1v) is 7.80. The Bertz CT molecular complexity index is 1050. The fourth-order valence-corrected chi connectivity index (χ4v) is 2.48. The zero-order valence-electron chi connectivity index (χ0n) is 13.8. The summed E-state index contributed by atoms with van der Waals surface area (Å²) >= 11 is 0. The van der Waals surface area contributed by atoms with Gasteiger partial charge in [0.1, 0.15) is 23.6 Å². The van der Waals surface area contributed by atoms with Crippen molar-refractivity contribution in [1.29, 1.82) is 0 Å². The third-order valence-corrected chi connectivity index (χ3v) is 3.61. The number of fused-ring (bicyclic) bond motifs is 1. The molecule has 2 heterocycles. The molecule has 27 heavy (non-hydrogen) atoms. The molecule has 0 aliphatic rings. The molecule has 0 amide bonds. The Morgan fingerprint density at radius 3 is 2.63 bits per heavy atom. The van der Waals surface area contributed by atoms with Gasteiger partial charge in [0.2, 0.25) is 0 Å². The number of aromatic nitrogens is 2. The summed E-state index contributed by atoms with van der Waals surface area (Å²) in [5.74, 6) is 4.14. The lowest BCUT2D eigenvalue weighted by Gasteiger charge is -2.08. The highest BCUT2D eigenvalue weighted by atomic mass is 19.4. The minimum atomic E-state index is -4.52. The molecule has 5 nitrogen and oxygen atoms in total. The molecule has 0 fully saturated rings. The second-order valence-electron chi connectivity index (χ2n) is 5.52. The van der Waals surface area contributed by atoms with Crippen molar-refractivity contribution in [2.75, 3.05) is 6.61 Å². The lowest BCUT2D eigenvalue weighted by atomic mass is 10.1. The highest BCUT2D eigenvalue weighted by Crippen LogP contribution is 2.31. The minimum absolute atomic E-state index is 0.126. The number of imidazole rings is 1. The molecule has 0 saturated carbocycles. The Hall–Kier alpha value is -3.31. The van der Waals surface area contributed by atoms with Gasteiger partial charge in [-0.25, -0.2) is 9.78 Å². The number of pyridine rings is 1. The first kappa shape index (κ1) is 18.5. The van der Waals surface area contributed by atoms with E-state index in [4.69, 9.17) is 9.84 Å². The first-order valence-electron chi connectivity index (χ1n) is 7.80. The summed E-state index contributed by atoms with van der Waals surface area (Å²) in [7, 11) is 0. The molecule has 0 radical (unpaired) electrons. The minimum Gasteiger partial charge on any atom is -0.480 e. The average molecular weight is 374 g/mol. The fraction of sp³-hybridized carbons (Fsp3) is 0.158. The SMILES string of the molecule is O=C(O)COCc1nc2ccccn2c1C#Cc1ccccc1C(F)(F)F. The number of carbonyl (C=O) groups is 1. The normalized spacial score (nSPS) is 11.2. The van der Waals surface area contributed by atoms with Gasteiger partial charge in [0.15, 0.2) is 0 Å². The molecule has 8 heteroatoms. The molecule has 0 bridgehead atoms. The Labute approximate surface area is 152 Å². The maximum absolute atomic E-state index is 13.1. The van der Waals surface area contributed by atoms with Crippen LogP contribution in [0.2, 0.25) is 0 Å². The number of halogens is 3. The average Bonchev–Trinajstić information content (AvgIpc) is 2.96. The topological polar surface area (TPSA) is 63.8 Å². The van der Waals surface area contributed by atoms with Crippen LogP contribution < -0.4 is 0 Å². The Kier molecular flexibility index (Phi) is 5.14. The van der Waals surface area contributed by atoms with E-state index in [0.29, 0.717) is 17.0 Å². The molecule has 2 aromatic heterocycles. The number of hydrogen-bond donors (Lipinski definition) is 1. The molecular weight excluding hydrogens is 361 g/mol. The van der Waals surface area contributed by atoms with Crippen LogP contribution in [0.25, 0.3) is 5.65 Å². The van der Waals surface area contributed by atoms with Crippen LogP contribution in [-0.2, 0) is 22.3 Å². The van der Waals surface area contributed by atoms with Crippen LogP contribution in [0.4, 0.5) is 13.2 Å². The smallest absolute Gasteiger partial charge is 0.417 e. The van der Waals surface area contributed by atoms with E-state index in [1.54, 1.807) is 28.8 Å². The van der Waals surface area contributed by atoms with Crippen molar-refractivity contribution in [3.8, 4) is 11.8 Å². The van der Waals surface area contributed by atoms with E-state index in [1.165, 1.54) is 18.2 Å². The lowest BCUT2D eigenvalue weighted by Crippen LogP contribution is -2.08. The lowest BCUT2D eigenvalue weighted by molar-refractivity contribution is -0.142. The van der Waals surface area contributed by atoms with Crippen molar-refractivity contribution >= 4 is 11.6 Å². The van der Waals surface area contributed by atoms with Crippen LogP contribution in [0.15, 0.2) is 48.7 Å². The number of aliphatic carboxylic acids is 1. The van der Waals surface area contributed by atoms with E-state index in [9.17, 15) is 18.0 Å². The van der Waals surface area contributed by atoms with Crippen molar-refractivity contribution in [1.82, 2.24) is 9.38 Å². The van der Waals surface area contributed by atoms with Crippen molar-refractivity contribution in [3.05, 3.63) is 71.2 Å². The fourth-order valence-electron chi connectivity index (χ4n) is 2.48. The van der Waals surface area contributed by atoms with Crippen molar-refractivity contribution in [3.63, 3.8) is 0 Å². The van der Waals surface area contributed by atoms with Crippen LogP contribution in [0.3, 0.4) is 0 Å². The number of rotatable bonds is 4. The van der Waals surface area contributed by atoms with Crippen molar-refractivity contribution in [2.45, 2.75) is 12.8 Å². The predicted octanol–water partition coefficient (Wildman–Crippen LogP) is 3.35. The molecule has 0 aliphatic heterocycles. The Balaban J connectivity index is 2.03. The zero-order chi connectivity index (χ0) is 19.4. The Morgan fingerprint density at radius 1 is 1.15 bits per heavy atom. The summed E-state index contributed by atoms with van der Waals surface area (Å²) in [6, 6.07) is 10.2. The molecule has 3 rings (SSSR count). The van der Waals surface area contributed by atoms with Crippen LogP contribution in [-0.4, -0.2) is 27.1 Å². The molecule has 3 aromatic rings. The van der Waals surface area contributed by atoms with Crippen LogP contribution in [0, 0.1) is 11.8 Å². The Morgan fingerprint density at radius 2 is 1.89 bits per heavy atom. The van der Waals surface area contributed by atoms with E-state index >= 15 is 0 Å². The number of ether oxygens (including phenoxy) is 1. The van der Waals surface area contributed by atoms with Gasteiger partial charge in [-0.3, -0.25) is 4.40 Å². The third-order valence-electron chi connectivity index (χ3n) is 3.61. The van der Waals surface area contributed by atoms with Gasteiger partial charge in [-0.2, -0.15) is 13.2 Å². The highest BCUT2D eigenvalue weighted by Gasteiger charge is 2.32. The maximum Gasteiger partial charge on any atom is 0.417 e. The van der Waals surface area contributed by atoms with E-state index < -0.39 is 24.3 Å². The van der Waals surface area contributed by atoms with Gasteiger partial charge < -0.3 is 9.84 Å². The van der Waals surface area contributed by atoms with Crippen LogP contribution in [0.1, 0.15) is 22.5 Å². The summed E-state index contributed by atoms with van der Waals surface area (Å²) in [6.07, 6.45) is -2.85. The van der Waals surface area contributed by atoms with Crippen molar-refractivity contribution < 1.29 is 27.8 Å². The van der Waals surface area contributed by atoms with Gasteiger partial charge in [0, 0.05) is 11.8 Å². The summed E-state index contributed by atoms with van der Waals surface area (Å²) in [5, 5.41) is 8.67. The van der Waals surface area contributed by atoms with Gasteiger partial charge in [-0.05, 0) is 30.2 Å². The molecule has 1 aromatic carbocycles. The van der Waals surface area contributed by atoms with Crippen LogP contribution in [0.5, 0.6) is 0 Å². The third kappa shape index (κ3) is 4.27. The summed E-state index contributed by atoms with van der Waals surface area (Å²) < 4.78 is 46.1. The van der Waals surface area contributed by atoms with E-state index in [2.05, 4.69) is 16.8 Å². The second-order valence-corrected chi connectivity index (χ2v) is 5.52. The van der Waals surface area contributed by atoms with E-state index in [0.717, 1.165) is 6.07 Å². The molecule has 0 saturated heterocycles. The van der Waals surface area contributed by atoms with Gasteiger partial charge >= 0.3 is 12.1 Å². The predicted molar refractivity (Wildman–Crippen MR) is 89.9 cm³/mol. The largest absolute Gasteiger partial charge is 0.480 e. The summed E-state index contributed by atoms with van der Waals surface area (Å²) in [5.41, 5.74) is 0.232. The highest BCUT2D eigenvalue weighted by molar-refractivity contribution is 5.68. The standard InChI is InChI=1S/C19H13F3N2O3/c20-19(21,22)14-6-2-1-5-13(14)8-9-16-15(11-27-12-18(25)26)23-17-7-3-4-10-24(16)17/h1-7,10H,11-12H2,(H,25,26). The second kappa shape index (κ2) is 7.51. The van der Waals surface area contributed by atoms with E-state index in [-0.39, 0.29) is 12.2 Å². The zero-order valence-corrected chi connectivity index (χ0v) is 13.8. The van der Waals surface area contributed by atoms with Gasteiger partial charge in [-0.1, -0.05) is 24.1 Å². The number of alkyl halides is 3. The molecular formula is C19H13F3N2O3. The number of carboxylic acids is 1. The summed E-state index contributed by atoms with van der Waals surface area (Å²) in [6.45, 7) is -0.642. The van der Waals surface area contributed by atoms with Gasteiger partial charge in [-0.15, -0.1) is 0 Å². The van der Waals surface area contributed by atoms with Crippen LogP contribution >= 0.6 is 0 Å². The molecule has 138 valence electrons. The first-order chi connectivity index (χ1) is 12.9. The van der Waals surface area contributed by atoms with Gasteiger partial charge in [0.05, 0.1) is 12.2 Å². The number of nitrogens with zero attached hydrogens (tertiary/aromatic N) is 2. The number of hydrogen-bond acceptors (Lipinski definition) is 3. The molecule has 0 atom stereocenters. The monoisotopic (exact) mass is 374 g/mol. The maximum atomic E-state index is 13.1. The molecule has 0 aliphatic carbocycles. The number of carboxylic acid groups (broad SMARTS) is 1. The summed E-state index contributed by atoms with van der Waals surface area (Å²) in [4.78, 5) is 14.9. The molecule has 0 spiro atoms.